The van der Waals surface area contributed by atoms with E-state index in [2.05, 4.69) is 5.32 Å². The van der Waals surface area contributed by atoms with Crippen molar-refractivity contribution < 1.29 is 14.0 Å². The standard InChI is InChI=1S/C21H22Cl2FN3O2/c1-10(8-17(26)28)27-20(11-2-3-11)13-5-6-14(22)18(19(13)24)21(29)12-4-7-16(25)15(23)9-12/h4-7,9-11,20,27H,2-3,8,25H2,1H3,(H2,26,28)/t10-,20-/m1/s1. The van der Waals surface area contributed by atoms with Crippen LogP contribution in [-0.2, 0) is 4.79 Å². The lowest BCUT2D eigenvalue weighted by atomic mass is 9.94. The Morgan fingerprint density at radius 2 is 1.90 bits per heavy atom. The Labute approximate surface area is 178 Å². The highest BCUT2D eigenvalue weighted by Crippen LogP contribution is 2.43. The summed E-state index contributed by atoms with van der Waals surface area (Å²) in [5.74, 6) is -1.47. The van der Waals surface area contributed by atoms with Gasteiger partial charge >= 0.3 is 0 Å². The fourth-order valence-corrected chi connectivity index (χ4v) is 3.82. The van der Waals surface area contributed by atoms with Gasteiger partial charge in [0.15, 0.2) is 5.78 Å². The van der Waals surface area contributed by atoms with Crippen LogP contribution in [0.2, 0.25) is 10.0 Å². The second kappa shape index (κ2) is 8.69. The molecule has 29 heavy (non-hydrogen) atoms. The molecule has 1 fully saturated rings. The molecule has 2 aromatic carbocycles. The van der Waals surface area contributed by atoms with E-state index in [4.69, 9.17) is 34.7 Å². The number of hydrogen-bond acceptors (Lipinski definition) is 4. The quantitative estimate of drug-likeness (QED) is 0.424. The molecule has 0 aromatic heterocycles. The molecule has 1 saturated carbocycles. The number of halogens is 3. The van der Waals surface area contributed by atoms with Crippen LogP contribution >= 0.6 is 23.2 Å². The second-order valence-electron chi connectivity index (χ2n) is 7.44. The number of amides is 1. The van der Waals surface area contributed by atoms with E-state index >= 15 is 4.39 Å². The smallest absolute Gasteiger partial charge is 0.218 e. The maximum atomic E-state index is 15.5. The Bertz CT molecular complexity index is 963. The molecule has 2 atom stereocenters. The number of hydrogen-bond donors (Lipinski definition) is 3. The van der Waals surface area contributed by atoms with E-state index in [-0.39, 0.29) is 45.6 Å². The molecule has 0 unspecified atom stereocenters. The maximum Gasteiger partial charge on any atom is 0.218 e. The van der Waals surface area contributed by atoms with Crippen LogP contribution in [0.5, 0.6) is 0 Å². The maximum absolute atomic E-state index is 15.5. The topological polar surface area (TPSA) is 98.2 Å². The molecule has 1 amide bonds. The van der Waals surface area contributed by atoms with Crippen LogP contribution < -0.4 is 16.8 Å². The lowest BCUT2D eigenvalue weighted by Gasteiger charge is -2.24. The summed E-state index contributed by atoms with van der Waals surface area (Å²) in [4.78, 5) is 24.2. The zero-order valence-electron chi connectivity index (χ0n) is 15.8. The van der Waals surface area contributed by atoms with Crippen molar-refractivity contribution in [2.45, 2.75) is 38.3 Å². The van der Waals surface area contributed by atoms with Crippen LogP contribution in [0.25, 0.3) is 0 Å². The van der Waals surface area contributed by atoms with E-state index in [1.807, 2.05) is 6.92 Å². The summed E-state index contributed by atoms with van der Waals surface area (Å²) < 4.78 is 15.5. The molecule has 5 N–H and O–H groups in total. The van der Waals surface area contributed by atoms with E-state index in [1.54, 1.807) is 6.07 Å². The summed E-state index contributed by atoms with van der Waals surface area (Å²) in [6, 6.07) is 6.89. The lowest BCUT2D eigenvalue weighted by molar-refractivity contribution is -0.118. The Morgan fingerprint density at radius 1 is 1.21 bits per heavy atom. The molecule has 2 aromatic rings. The van der Waals surface area contributed by atoms with Gasteiger partial charge < -0.3 is 16.8 Å². The average molecular weight is 438 g/mol. The fourth-order valence-electron chi connectivity index (χ4n) is 3.41. The third kappa shape index (κ3) is 4.89. The second-order valence-corrected chi connectivity index (χ2v) is 8.26. The molecule has 0 saturated heterocycles. The van der Waals surface area contributed by atoms with E-state index in [0.717, 1.165) is 12.8 Å². The minimum atomic E-state index is -0.675. The van der Waals surface area contributed by atoms with Crippen molar-refractivity contribution in [2.24, 2.45) is 11.7 Å². The Morgan fingerprint density at radius 3 is 2.48 bits per heavy atom. The predicted molar refractivity (Wildman–Crippen MR) is 113 cm³/mol. The van der Waals surface area contributed by atoms with Crippen LogP contribution in [0.4, 0.5) is 10.1 Å². The van der Waals surface area contributed by atoms with Gasteiger partial charge in [-0.15, -0.1) is 0 Å². The molecule has 5 nitrogen and oxygen atoms in total. The van der Waals surface area contributed by atoms with Crippen LogP contribution in [-0.4, -0.2) is 17.7 Å². The summed E-state index contributed by atoms with van der Waals surface area (Å²) in [5, 5.41) is 3.50. The highest BCUT2D eigenvalue weighted by atomic mass is 35.5. The van der Waals surface area contributed by atoms with Gasteiger partial charge in [-0.3, -0.25) is 9.59 Å². The van der Waals surface area contributed by atoms with Crippen LogP contribution in [0.1, 0.15) is 53.7 Å². The molecular formula is C21H22Cl2FN3O2. The Kier molecular flexibility index (Phi) is 6.46. The van der Waals surface area contributed by atoms with Crippen LogP contribution in [0.3, 0.4) is 0 Å². The van der Waals surface area contributed by atoms with Gasteiger partial charge in [0, 0.05) is 29.6 Å². The lowest BCUT2D eigenvalue weighted by Crippen LogP contribution is -2.35. The molecule has 1 aliphatic rings. The van der Waals surface area contributed by atoms with Crippen molar-refractivity contribution in [1.29, 1.82) is 0 Å². The molecule has 0 spiro atoms. The zero-order valence-corrected chi connectivity index (χ0v) is 17.4. The number of benzene rings is 2. The van der Waals surface area contributed by atoms with E-state index in [9.17, 15) is 9.59 Å². The molecule has 8 heteroatoms. The highest BCUT2D eigenvalue weighted by molar-refractivity contribution is 6.36. The summed E-state index contributed by atoms with van der Waals surface area (Å²) in [6.07, 6.45) is 1.99. The van der Waals surface area contributed by atoms with Crippen molar-refractivity contribution in [3.63, 3.8) is 0 Å². The summed E-state index contributed by atoms with van der Waals surface area (Å²) >= 11 is 12.2. The van der Waals surface area contributed by atoms with Crippen molar-refractivity contribution >= 4 is 40.6 Å². The van der Waals surface area contributed by atoms with Crippen molar-refractivity contribution in [3.05, 3.63) is 62.9 Å². The van der Waals surface area contributed by atoms with Crippen molar-refractivity contribution in [1.82, 2.24) is 5.32 Å². The van der Waals surface area contributed by atoms with Crippen LogP contribution in [0, 0.1) is 11.7 Å². The van der Waals surface area contributed by atoms with Gasteiger partial charge in [-0.25, -0.2) is 4.39 Å². The number of carbonyl (C=O) groups is 2. The number of nitrogens with one attached hydrogen (secondary N) is 1. The van der Waals surface area contributed by atoms with Gasteiger partial charge in [0.25, 0.3) is 0 Å². The third-order valence-corrected chi connectivity index (χ3v) is 5.65. The number of ketones is 1. The summed E-state index contributed by atoms with van der Waals surface area (Å²) in [6.45, 7) is 1.82. The molecule has 1 aliphatic carbocycles. The highest BCUT2D eigenvalue weighted by Gasteiger charge is 2.36. The number of primary amides is 1. The molecule has 0 radical (unpaired) electrons. The Hall–Kier alpha value is -2.15. The number of nitrogens with two attached hydrogens (primary N) is 2. The molecule has 0 bridgehead atoms. The van der Waals surface area contributed by atoms with Gasteiger partial charge in [-0.1, -0.05) is 29.3 Å². The van der Waals surface area contributed by atoms with Crippen molar-refractivity contribution in [2.75, 3.05) is 5.73 Å². The SMILES string of the molecule is C[C@H](CC(N)=O)N[C@@H](c1ccc(Cl)c(C(=O)c2ccc(N)c(Cl)c2)c1F)C1CC1. The monoisotopic (exact) mass is 437 g/mol. The zero-order chi connectivity index (χ0) is 21.3. The van der Waals surface area contributed by atoms with Gasteiger partial charge in [0.1, 0.15) is 5.82 Å². The van der Waals surface area contributed by atoms with E-state index in [0.29, 0.717) is 11.3 Å². The first-order valence-corrected chi connectivity index (χ1v) is 10.1. The van der Waals surface area contributed by atoms with Gasteiger partial charge in [0.05, 0.1) is 21.3 Å². The summed E-state index contributed by atoms with van der Waals surface area (Å²) in [5.41, 5.74) is 11.6. The minimum absolute atomic E-state index is 0.0175. The van der Waals surface area contributed by atoms with Gasteiger partial charge in [-0.2, -0.15) is 0 Å². The molecule has 154 valence electrons. The van der Waals surface area contributed by atoms with Gasteiger partial charge in [0.2, 0.25) is 5.91 Å². The number of nitrogen functional groups attached to an aromatic ring is 1. The molecule has 0 aliphatic heterocycles. The first kappa shape index (κ1) is 21.6. The fraction of sp³-hybridized carbons (Fsp3) is 0.333. The first-order chi connectivity index (χ1) is 13.7. The Balaban J connectivity index is 1.97. The molecule has 3 rings (SSSR count). The number of carbonyl (C=O) groups excluding carboxylic acids is 2. The number of anilines is 1. The van der Waals surface area contributed by atoms with Gasteiger partial charge in [-0.05, 0) is 49.9 Å². The largest absolute Gasteiger partial charge is 0.398 e. The van der Waals surface area contributed by atoms with E-state index < -0.39 is 17.5 Å². The first-order valence-electron chi connectivity index (χ1n) is 9.31. The predicted octanol–water partition coefficient (Wildman–Crippen LogP) is 4.25. The number of rotatable bonds is 8. The van der Waals surface area contributed by atoms with E-state index in [1.165, 1.54) is 24.3 Å². The van der Waals surface area contributed by atoms with Crippen molar-refractivity contribution in [3.8, 4) is 0 Å². The minimum Gasteiger partial charge on any atom is -0.398 e. The third-order valence-electron chi connectivity index (χ3n) is 5.01. The summed E-state index contributed by atoms with van der Waals surface area (Å²) in [7, 11) is 0. The normalized spacial score (nSPS) is 15.7. The molecule has 0 heterocycles. The molecular weight excluding hydrogens is 416 g/mol. The average Bonchev–Trinajstić information content (AvgIpc) is 3.47. The van der Waals surface area contributed by atoms with Crippen LogP contribution in [0.15, 0.2) is 30.3 Å².